The average Bonchev–Trinajstić information content (AvgIpc) is 2.43. The number of H-pyrrole nitrogens is 1. The SMILES string of the molecule is Cc1nc(N2CCN(CCCCCN)CC2)cc(=O)[nH]1. The van der Waals surface area contributed by atoms with Crippen molar-refractivity contribution >= 4 is 5.82 Å². The summed E-state index contributed by atoms with van der Waals surface area (Å²) in [6, 6.07) is 1.59. The third-order valence-electron chi connectivity index (χ3n) is 3.72. The first-order valence-electron chi connectivity index (χ1n) is 7.44. The number of piperazine rings is 1. The van der Waals surface area contributed by atoms with E-state index in [4.69, 9.17) is 5.73 Å². The Bertz CT molecular complexity index is 465. The molecule has 0 bridgehead atoms. The third-order valence-corrected chi connectivity index (χ3v) is 3.72. The van der Waals surface area contributed by atoms with Crippen LogP contribution in [-0.2, 0) is 0 Å². The zero-order valence-corrected chi connectivity index (χ0v) is 12.3. The van der Waals surface area contributed by atoms with Gasteiger partial charge < -0.3 is 15.6 Å². The molecule has 0 unspecified atom stereocenters. The van der Waals surface area contributed by atoms with Crippen LogP contribution in [0.1, 0.15) is 25.1 Å². The van der Waals surface area contributed by atoms with Gasteiger partial charge in [0.15, 0.2) is 0 Å². The molecule has 1 aliphatic rings. The van der Waals surface area contributed by atoms with Crippen molar-refractivity contribution < 1.29 is 0 Å². The number of aromatic amines is 1. The van der Waals surface area contributed by atoms with E-state index >= 15 is 0 Å². The van der Waals surface area contributed by atoms with Crippen molar-refractivity contribution in [2.24, 2.45) is 5.73 Å². The van der Waals surface area contributed by atoms with Crippen LogP contribution in [0.15, 0.2) is 10.9 Å². The van der Waals surface area contributed by atoms with Crippen LogP contribution < -0.4 is 16.2 Å². The Morgan fingerprint density at radius 1 is 1.25 bits per heavy atom. The number of nitrogens with one attached hydrogen (secondary N) is 1. The van der Waals surface area contributed by atoms with E-state index in [1.165, 1.54) is 12.8 Å². The monoisotopic (exact) mass is 279 g/mol. The van der Waals surface area contributed by atoms with Gasteiger partial charge in [-0.15, -0.1) is 0 Å². The van der Waals surface area contributed by atoms with E-state index in [0.717, 1.165) is 51.5 Å². The minimum absolute atomic E-state index is 0.0725. The van der Waals surface area contributed by atoms with Gasteiger partial charge in [0.05, 0.1) is 0 Å². The van der Waals surface area contributed by atoms with Crippen molar-refractivity contribution in [1.29, 1.82) is 0 Å². The van der Waals surface area contributed by atoms with E-state index < -0.39 is 0 Å². The van der Waals surface area contributed by atoms with Crippen LogP contribution in [0.3, 0.4) is 0 Å². The second kappa shape index (κ2) is 7.40. The number of nitrogens with two attached hydrogens (primary N) is 1. The molecule has 1 aliphatic heterocycles. The molecule has 1 fully saturated rings. The number of hydrogen-bond acceptors (Lipinski definition) is 5. The van der Waals surface area contributed by atoms with Crippen molar-refractivity contribution in [3.63, 3.8) is 0 Å². The maximum absolute atomic E-state index is 11.5. The summed E-state index contributed by atoms with van der Waals surface area (Å²) in [5.74, 6) is 1.48. The summed E-state index contributed by atoms with van der Waals surface area (Å²) in [4.78, 5) is 23.2. The minimum Gasteiger partial charge on any atom is -0.354 e. The summed E-state index contributed by atoms with van der Waals surface area (Å²) < 4.78 is 0. The predicted molar refractivity (Wildman–Crippen MR) is 81.2 cm³/mol. The molecule has 0 spiro atoms. The van der Waals surface area contributed by atoms with Crippen LogP contribution in [0.25, 0.3) is 0 Å². The van der Waals surface area contributed by atoms with E-state index in [2.05, 4.69) is 19.8 Å². The summed E-state index contributed by atoms with van der Waals surface area (Å²) >= 11 is 0. The van der Waals surface area contributed by atoms with Gasteiger partial charge in [0.1, 0.15) is 11.6 Å². The fourth-order valence-electron chi connectivity index (χ4n) is 2.58. The zero-order chi connectivity index (χ0) is 14.4. The van der Waals surface area contributed by atoms with Gasteiger partial charge in [0.2, 0.25) is 0 Å². The highest BCUT2D eigenvalue weighted by Crippen LogP contribution is 2.12. The highest BCUT2D eigenvalue weighted by atomic mass is 16.1. The molecule has 0 saturated carbocycles. The standard InChI is InChI=1S/C14H25N5O/c1-12-16-13(11-14(20)17-12)19-9-7-18(8-10-19)6-4-2-3-5-15/h11H,2-10,15H2,1H3,(H,16,17,20). The molecule has 6 heteroatoms. The maximum atomic E-state index is 11.5. The molecule has 20 heavy (non-hydrogen) atoms. The van der Waals surface area contributed by atoms with E-state index in [0.29, 0.717) is 5.82 Å². The van der Waals surface area contributed by atoms with E-state index in [1.807, 2.05) is 6.92 Å². The number of rotatable bonds is 6. The number of anilines is 1. The number of hydrogen-bond donors (Lipinski definition) is 2. The number of aryl methyl sites for hydroxylation is 1. The lowest BCUT2D eigenvalue weighted by Gasteiger charge is -2.35. The Morgan fingerprint density at radius 3 is 2.65 bits per heavy atom. The molecule has 3 N–H and O–H groups in total. The summed E-state index contributed by atoms with van der Waals surface area (Å²) in [6.07, 6.45) is 3.56. The number of nitrogens with zero attached hydrogens (tertiary/aromatic N) is 3. The van der Waals surface area contributed by atoms with Crippen LogP contribution in [0, 0.1) is 6.92 Å². The van der Waals surface area contributed by atoms with Crippen LogP contribution in [0.5, 0.6) is 0 Å². The first-order chi connectivity index (χ1) is 9.69. The normalized spacial score (nSPS) is 16.6. The maximum Gasteiger partial charge on any atom is 0.252 e. The molecule has 1 aromatic rings. The molecular weight excluding hydrogens is 254 g/mol. The largest absolute Gasteiger partial charge is 0.354 e. The molecule has 0 amide bonds. The Balaban J connectivity index is 1.80. The molecule has 2 heterocycles. The smallest absolute Gasteiger partial charge is 0.252 e. The molecule has 0 aromatic carbocycles. The van der Waals surface area contributed by atoms with Gasteiger partial charge in [-0.25, -0.2) is 4.98 Å². The van der Waals surface area contributed by atoms with Gasteiger partial charge in [-0.2, -0.15) is 0 Å². The molecule has 2 rings (SSSR count). The van der Waals surface area contributed by atoms with Crippen LogP contribution in [0.4, 0.5) is 5.82 Å². The molecule has 112 valence electrons. The fraction of sp³-hybridized carbons (Fsp3) is 0.714. The van der Waals surface area contributed by atoms with Crippen LogP contribution >= 0.6 is 0 Å². The Hall–Kier alpha value is -1.40. The lowest BCUT2D eigenvalue weighted by atomic mass is 10.2. The van der Waals surface area contributed by atoms with E-state index in [9.17, 15) is 4.79 Å². The number of aromatic nitrogens is 2. The van der Waals surface area contributed by atoms with Gasteiger partial charge in [0, 0.05) is 32.2 Å². The van der Waals surface area contributed by atoms with Gasteiger partial charge in [0.25, 0.3) is 5.56 Å². The van der Waals surface area contributed by atoms with E-state index in [-0.39, 0.29) is 5.56 Å². The molecule has 1 aromatic heterocycles. The second-order valence-corrected chi connectivity index (χ2v) is 5.37. The van der Waals surface area contributed by atoms with Crippen LogP contribution in [-0.4, -0.2) is 54.1 Å². The third kappa shape index (κ3) is 4.31. The summed E-state index contributed by atoms with van der Waals surface area (Å²) in [7, 11) is 0. The van der Waals surface area contributed by atoms with Crippen molar-refractivity contribution in [2.75, 3.05) is 44.2 Å². The summed E-state index contributed by atoms with van der Waals surface area (Å²) in [5.41, 5.74) is 5.43. The lowest BCUT2D eigenvalue weighted by Crippen LogP contribution is -2.47. The first kappa shape index (κ1) is 15.0. The molecule has 0 radical (unpaired) electrons. The minimum atomic E-state index is -0.0725. The lowest BCUT2D eigenvalue weighted by molar-refractivity contribution is 0.252. The highest BCUT2D eigenvalue weighted by molar-refractivity contribution is 5.37. The fourth-order valence-corrected chi connectivity index (χ4v) is 2.58. The van der Waals surface area contributed by atoms with Crippen molar-refractivity contribution in [2.45, 2.75) is 26.2 Å². The Morgan fingerprint density at radius 2 is 2.00 bits per heavy atom. The number of unbranched alkanes of at least 4 members (excludes halogenated alkanes) is 2. The van der Waals surface area contributed by atoms with Crippen molar-refractivity contribution in [3.05, 3.63) is 22.2 Å². The van der Waals surface area contributed by atoms with Gasteiger partial charge >= 0.3 is 0 Å². The molecule has 6 nitrogen and oxygen atoms in total. The van der Waals surface area contributed by atoms with E-state index in [1.54, 1.807) is 6.07 Å². The average molecular weight is 279 g/mol. The molecule has 0 aliphatic carbocycles. The van der Waals surface area contributed by atoms with Gasteiger partial charge in [-0.1, -0.05) is 6.42 Å². The van der Waals surface area contributed by atoms with Gasteiger partial charge in [-0.3, -0.25) is 9.69 Å². The highest BCUT2D eigenvalue weighted by Gasteiger charge is 2.18. The van der Waals surface area contributed by atoms with Crippen LogP contribution in [0.2, 0.25) is 0 Å². The molecular formula is C14H25N5O. The topological polar surface area (TPSA) is 78.2 Å². The molecule has 0 atom stereocenters. The Kier molecular flexibility index (Phi) is 5.55. The second-order valence-electron chi connectivity index (χ2n) is 5.37. The zero-order valence-electron chi connectivity index (χ0n) is 12.3. The van der Waals surface area contributed by atoms with Crippen molar-refractivity contribution in [1.82, 2.24) is 14.9 Å². The quantitative estimate of drug-likeness (QED) is 0.734. The summed E-state index contributed by atoms with van der Waals surface area (Å²) in [6.45, 7) is 7.71. The Labute approximate surface area is 120 Å². The predicted octanol–water partition coefficient (Wildman–Crippen LogP) is 0.329. The van der Waals surface area contributed by atoms with Crippen molar-refractivity contribution in [3.8, 4) is 0 Å². The first-order valence-corrected chi connectivity index (χ1v) is 7.44. The summed E-state index contributed by atoms with van der Waals surface area (Å²) in [5, 5.41) is 0. The molecule has 1 saturated heterocycles. The van der Waals surface area contributed by atoms with Gasteiger partial charge in [-0.05, 0) is 32.9 Å².